The maximum atomic E-state index is 12.5. The van der Waals surface area contributed by atoms with Gasteiger partial charge in [0.15, 0.2) is 6.10 Å². The molecule has 0 aliphatic rings. The van der Waals surface area contributed by atoms with Gasteiger partial charge in [-0.25, -0.2) is 4.57 Å². The number of hydrogen-bond acceptors (Lipinski definition) is 9. The van der Waals surface area contributed by atoms with Crippen LogP contribution in [0.15, 0.2) is 0 Å². The van der Waals surface area contributed by atoms with Crippen LogP contribution in [0.2, 0.25) is 0 Å². The van der Waals surface area contributed by atoms with Gasteiger partial charge in [-0.1, -0.05) is 142 Å². The number of hydrogen-bond donors (Lipinski definition) is 3. The minimum Gasteiger partial charge on any atom is -0.462 e. The fraction of sp³-hybridized carbons (Fsp3) is 0.941. The van der Waals surface area contributed by atoms with Crippen LogP contribution in [0.1, 0.15) is 168 Å². The molecular formula is C34H67O10P. The Balaban J connectivity index is 4.39. The van der Waals surface area contributed by atoms with Gasteiger partial charge in [0.1, 0.15) is 12.7 Å². The van der Waals surface area contributed by atoms with Gasteiger partial charge in [-0.15, -0.1) is 0 Å². The predicted octanol–water partition coefficient (Wildman–Crippen LogP) is 8.33. The quantitative estimate of drug-likeness (QED) is 0.0348. The van der Waals surface area contributed by atoms with Crippen LogP contribution in [0.3, 0.4) is 0 Å². The maximum Gasteiger partial charge on any atom is 0.472 e. The van der Waals surface area contributed by atoms with Crippen molar-refractivity contribution in [1.29, 1.82) is 0 Å². The Hall–Kier alpha value is -1.03. The van der Waals surface area contributed by atoms with E-state index in [1.54, 1.807) is 0 Å². The first-order valence-corrected chi connectivity index (χ1v) is 19.5. The molecule has 3 unspecified atom stereocenters. The van der Waals surface area contributed by atoms with Gasteiger partial charge in [0.25, 0.3) is 0 Å². The average molecular weight is 667 g/mol. The summed E-state index contributed by atoms with van der Waals surface area (Å²) in [6, 6.07) is 0. The lowest BCUT2D eigenvalue weighted by Crippen LogP contribution is -2.29. The number of ether oxygens (including phenoxy) is 2. The number of unbranched alkanes of at least 4 members (excludes halogenated alkanes) is 20. The molecule has 0 aromatic heterocycles. The molecule has 0 amide bonds. The van der Waals surface area contributed by atoms with Crippen LogP contribution in [0.5, 0.6) is 0 Å². The van der Waals surface area contributed by atoms with E-state index >= 15 is 0 Å². The third-order valence-electron chi connectivity index (χ3n) is 7.76. The van der Waals surface area contributed by atoms with Crippen LogP contribution in [0.4, 0.5) is 0 Å². The normalized spacial score (nSPS) is 14.2. The second-order valence-corrected chi connectivity index (χ2v) is 13.7. The van der Waals surface area contributed by atoms with Gasteiger partial charge in [0, 0.05) is 12.8 Å². The van der Waals surface area contributed by atoms with Gasteiger partial charge >= 0.3 is 19.8 Å². The molecule has 10 nitrogen and oxygen atoms in total. The Kier molecular flexibility index (Phi) is 30.8. The van der Waals surface area contributed by atoms with Gasteiger partial charge in [-0.2, -0.15) is 0 Å². The van der Waals surface area contributed by atoms with E-state index in [4.69, 9.17) is 19.1 Å². The molecule has 0 rings (SSSR count). The summed E-state index contributed by atoms with van der Waals surface area (Å²) in [6.07, 6.45) is 23.6. The summed E-state index contributed by atoms with van der Waals surface area (Å²) < 4.78 is 32.5. The third kappa shape index (κ3) is 31.3. The molecule has 11 heteroatoms. The summed E-state index contributed by atoms with van der Waals surface area (Å²) in [4.78, 5) is 34.7. The topological polar surface area (TPSA) is 149 Å². The Morgan fingerprint density at radius 3 is 1.38 bits per heavy atom. The smallest absolute Gasteiger partial charge is 0.462 e. The lowest BCUT2D eigenvalue weighted by molar-refractivity contribution is -0.161. The predicted molar refractivity (Wildman–Crippen MR) is 178 cm³/mol. The molecule has 0 fully saturated rings. The van der Waals surface area contributed by atoms with E-state index in [1.807, 2.05) is 0 Å². The van der Waals surface area contributed by atoms with Gasteiger partial charge in [-0.3, -0.25) is 18.6 Å². The van der Waals surface area contributed by atoms with Crippen molar-refractivity contribution in [2.45, 2.75) is 180 Å². The number of carbonyl (C=O) groups excluding carboxylic acids is 2. The number of carbonyl (C=O) groups is 2. The average Bonchev–Trinajstić information content (AvgIpc) is 3.02. The van der Waals surface area contributed by atoms with E-state index in [-0.39, 0.29) is 19.4 Å². The summed E-state index contributed by atoms with van der Waals surface area (Å²) in [5.74, 6) is -0.919. The number of phosphoric ester groups is 1. The van der Waals surface area contributed by atoms with E-state index in [0.29, 0.717) is 12.8 Å². The zero-order valence-electron chi connectivity index (χ0n) is 28.6. The molecular weight excluding hydrogens is 599 g/mol. The molecule has 3 atom stereocenters. The van der Waals surface area contributed by atoms with Crippen LogP contribution in [-0.4, -0.2) is 65.7 Å². The first kappa shape index (κ1) is 44.0. The summed E-state index contributed by atoms with van der Waals surface area (Å²) in [5.41, 5.74) is 0. The first-order valence-electron chi connectivity index (χ1n) is 18.0. The minimum absolute atomic E-state index is 0.191. The van der Waals surface area contributed by atoms with Crippen LogP contribution in [-0.2, 0) is 32.7 Å². The Morgan fingerprint density at radius 2 is 0.956 bits per heavy atom. The van der Waals surface area contributed by atoms with E-state index < -0.39 is 51.8 Å². The van der Waals surface area contributed by atoms with Crippen molar-refractivity contribution in [3.8, 4) is 0 Å². The van der Waals surface area contributed by atoms with Crippen molar-refractivity contribution in [1.82, 2.24) is 0 Å². The van der Waals surface area contributed by atoms with Gasteiger partial charge in [-0.05, 0) is 12.8 Å². The fourth-order valence-corrected chi connectivity index (χ4v) is 5.72. The molecule has 0 saturated carbocycles. The second kappa shape index (κ2) is 31.6. The van der Waals surface area contributed by atoms with Crippen LogP contribution < -0.4 is 0 Å². The molecule has 45 heavy (non-hydrogen) atoms. The van der Waals surface area contributed by atoms with E-state index in [9.17, 15) is 24.2 Å². The lowest BCUT2D eigenvalue weighted by atomic mass is 10.1. The summed E-state index contributed by atoms with van der Waals surface area (Å²) in [6.45, 7) is 2.35. The van der Waals surface area contributed by atoms with Gasteiger partial charge < -0.3 is 24.6 Å². The number of phosphoric acid groups is 1. The number of rotatable bonds is 34. The number of aliphatic hydroxyl groups is 2. The molecule has 0 aromatic rings. The minimum atomic E-state index is -4.60. The zero-order valence-corrected chi connectivity index (χ0v) is 29.5. The maximum absolute atomic E-state index is 12.5. The fourth-order valence-electron chi connectivity index (χ4n) is 4.93. The molecule has 268 valence electrons. The highest BCUT2D eigenvalue weighted by Gasteiger charge is 2.27. The Morgan fingerprint density at radius 1 is 0.578 bits per heavy atom. The molecule has 0 aliphatic carbocycles. The summed E-state index contributed by atoms with van der Waals surface area (Å²) in [5, 5.41) is 18.2. The largest absolute Gasteiger partial charge is 0.472 e. The monoisotopic (exact) mass is 666 g/mol. The Bertz CT molecular complexity index is 736. The molecule has 0 aromatic carbocycles. The highest BCUT2D eigenvalue weighted by atomic mass is 31.2. The molecule has 0 bridgehead atoms. The van der Waals surface area contributed by atoms with E-state index in [0.717, 1.165) is 38.5 Å². The number of aliphatic hydroxyl groups excluding tert-OH is 2. The SMILES string of the molecule is CCCCCCCCCCCCCC(=O)OCC(COP(=O)(O)OCC(O)CO)OC(=O)CCCCCCCCCCCCC. The molecule has 0 radical (unpaired) electrons. The van der Waals surface area contributed by atoms with Crippen molar-refractivity contribution in [3.63, 3.8) is 0 Å². The number of esters is 2. The van der Waals surface area contributed by atoms with Gasteiger partial charge in [0.2, 0.25) is 0 Å². The standard InChI is InChI=1S/C34H67O10P/c1-3-5-7-9-11-13-15-17-19-21-23-25-33(37)41-29-32(30-43-45(39,40)42-28-31(36)27-35)44-34(38)26-24-22-20-18-16-14-12-10-8-6-4-2/h31-32,35-36H,3-30H2,1-2H3,(H,39,40). The third-order valence-corrected chi connectivity index (χ3v) is 8.71. The van der Waals surface area contributed by atoms with Crippen molar-refractivity contribution in [2.75, 3.05) is 26.4 Å². The molecule has 0 heterocycles. The zero-order chi connectivity index (χ0) is 33.4. The van der Waals surface area contributed by atoms with E-state index in [2.05, 4.69) is 18.4 Å². The van der Waals surface area contributed by atoms with Crippen molar-refractivity contribution in [3.05, 3.63) is 0 Å². The molecule has 0 aliphatic heterocycles. The van der Waals surface area contributed by atoms with Crippen molar-refractivity contribution in [2.24, 2.45) is 0 Å². The van der Waals surface area contributed by atoms with Crippen LogP contribution >= 0.6 is 7.82 Å². The highest BCUT2D eigenvalue weighted by Crippen LogP contribution is 2.43. The van der Waals surface area contributed by atoms with E-state index in [1.165, 1.54) is 89.9 Å². The molecule has 0 spiro atoms. The summed E-state index contributed by atoms with van der Waals surface area (Å²) >= 11 is 0. The van der Waals surface area contributed by atoms with Crippen LogP contribution in [0, 0.1) is 0 Å². The highest BCUT2D eigenvalue weighted by molar-refractivity contribution is 7.47. The van der Waals surface area contributed by atoms with Crippen LogP contribution in [0.25, 0.3) is 0 Å². The summed E-state index contributed by atoms with van der Waals surface area (Å²) in [7, 11) is -4.60. The van der Waals surface area contributed by atoms with Gasteiger partial charge in [0.05, 0.1) is 19.8 Å². The Labute approximate surface area is 273 Å². The molecule has 3 N–H and O–H groups in total. The molecule has 0 saturated heterocycles. The lowest BCUT2D eigenvalue weighted by Gasteiger charge is -2.20. The van der Waals surface area contributed by atoms with Crippen molar-refractivity contribution < 1.29 is 47.8 Å². The van der Waals surface area contributed by atoms with Crippen molar-refractivity contribution >= 4 is 19.8 Å². The second-order valence-electron chi connectivity index (χ2n) is 12.3. The first-order chi connectivity index (χ1) is 21.7.